The number of nitrogens with one attached hydrogen (secondary N) is 3. The first-order valence-electron chi connectivity index (χ1n) is 6.52. The van der Waals surface area contributed by atoms with Gasteiger partial charge in [-0.25, -0.2) is 4.98 Å². The molecule has 21 heavy (non-hydrogen) atoms. The summed E-state index contributed by atoms with van der Waals surface area (Å²) < 4.78 is 0. The molecule has 3 aliphatic rings. The molecule has 6 heteroatoms. The molecule has 1 aromatic rings. The third kappa shape index (κ3) is 1.94. The Morgan fingerprint density at radius 1 is 1.14 bits per heavy atom. The summed E-state index contributed by atoms with van der Waals surface area (Å²) in [6.07, 6.45) is 1.25. The number of hydrogen-bond acceptors (Lipinski definition) is 4. The molecule has 0 radical (unpaired) electrons. The van der Waals surface area contributed by atoms with Crippen molar-refractivity contribution in [2.45, 2.75) is 6.17 Å². The van der Waals surface area contributed by atoms with Gasteiger partial charge in [-0.3, -0.25) is 4.79 Å². The fraction of sp³-hybridized carbons (Fsp3) is 0.0667. The standard InChI is InChI=1S/C15H11ClN4O/c16-8-6-11-13(17-7-8)20-14(18-11)12-9-4-2-1-3-5-10(9)19-15(12)21/h1-7,14,18H,(H,17,20)(H,19,21). The average Bonchev–Trinajstić information content (AvgIpc) is 2.91. The molecule has 5 nitrogen and oxygen atoms in total. The van der Waals surface area contributed by atoms with E-state index in [1.54, 1.807) is 12.3 Å². The Bertz CT molecular complexity index is 860. The van der Waals surface area contributed by atoms with Gasteiger partial charge in [0.25, 0.3) is 5.56 Å². The summed E-state index contributed by atoms with van der Waals surface area (Å²) in [5.41, 5.74) is 3.02. The van der Waals surface area contributed by atoms with Gasteiger partial charge in [0.2, 0.25) is 0 Å². The van der Waals surface area contributed by atoms with Crippen molar-refractivity contribution in [2.24, 2.45) is 0 Å². The molecule has 3 N–H and O–H groups in total. The Hall–Kier alpha value is -2.53. The topological polar surface area (TPSA) is 69.8 Å². The highest BCUT2D eigenvalue weighted by Crippen LogP contribution is 2.37. The van der Waals surface area contributed by atoms with Crippen LogP contribution >= 0.6 is 11.6 Å². The van der Waals surface area contributed by atoms with Gasteiger partial charge in [-0.05, 0) is 12.1 Å². The number of hydrogen-bond donors (Lipinski definition) is 3. The van der Waals surface area contributed by atoms with Crippen LogP contribution in [-0.4, -0.2) is 9.97 Å². The molecule has 1 aliphatic carbocycles. The molecule has 4 rings (SSSR count). The van der Waals surface area contributed by atoms with Crippen LogP contribution in [0.1, 0.15) is 11.7 Å². The van der Waals surface area contributed by atoms with E-state index in [2.05, 4.69) is 20.6 Å². The van der Waals surface area contributed by atoms with E-state index in [4.69, 9.17) is 11.6 Å². The summed E-state index contributed by atoms with van der Waals surface area (Å²) in [6, 6.07) is 11.3. The van der Waals surface area contributed by atoms with E-state index in [1.165, 1.54) is 0 Å². The van der Waals surface area contributed by atoms with Crippen LogP contribution in [-0.2, 0) is 0 Å². The second-order valence-electron chi connectivity index (χ2n) is 4.88. The molecule has 0 bridgehead atoms. The van der Waals surface area contributed by atoms with Gasteiger partial charge >= 0.3 is 0 Å². The molecular formula is C15H11ClN4O. The van der Waals surface area contributed by atoms with Crippen molar-refractivity contribution in [3.05, 3.63) is 63.5 Å². The van der Waals surface area contributed by atoms with Crippen molar-refractivity contribution in [3.8, 4) is 11.3 Å². The molecule has 104 valence electrons. The van der Waals surface area contributed by atoms with Crippen LogP contribution in [0.15, 0.2) is 47.4 Å². The second kappa shape index (κ2) is 4.49. The van der Waals surface area contributed by atoms with Crippen LogP contribution in [0.2, 0.25) is 5.02 Å². The molecule has 0 saturated heterocycles. The lowest BCUT2D eigenvalue weighted by molar-refractivity contribution is 0.928. The third-order valence-electron chi connectivity index (χ3n) is 3.55. The fourth-order valence-corrected chi connectivity index (χ4v) is 2.78. The van der Waals surface area contributed by atoms with E-state index in [9.17, 15) is 4.79 Å². The second-order valence-corrected chi connectivity index (χ2v) is 5.31. The maximum atomic E-state index is 12.3. The molecular weight excluding hydrogens is 288 g/mol. The Morgan fingerprint density at radius 2 is 2.00 bits per heavy atom. The van der Waals surface area contributed by atoms with Crippen molar-refractivity contribution < 1.29 is 0 Å². The number of aromatic amines is 1. The normalized spacial score (nSPS) is 16.3. The summed E-state index contributed by atoms with van der Waals surface area (Å²) in [6.45, 7) is 0. The van der Waals surface area contributed by atoms with Crippen molar-refractivity contribution in [1.82, 2.24) is 9.97 Å². The van der Waals surface area contributed by atoms with Gasteiger partial charge in [0.05, 0.1) is 16.3 Å². The maximum absolute atomic E-state index is 12.3. The van der Waals surface area contributed by atoms with E-state index in [1.807, 2.05) is 30.3 Å². The van der Waals surface area contributed by atoms with Gasteiger partial charge in [0, 0.05) is 17.5 Å². The first-order valence-corrected chi connectivity index (χ1v) is 6.90. The number of aromatic nitrogens is 2. The summed E-state index contributed by atoms with van der Waals surface area (Å²) in [7, 11) is 0. The van der Waals surface area contributed by atoms with Gasteiger partial charge in [0.15, 0.2) is 5.82 Å². The zero-order valence-corrected chi connectivity index (χ0v) is 11.6. The van der Waals surface area contributed by atoms with Crippen LogP contribution in [0, 0.1) is 0 Å². The summed E-state index contributed by atoms with van der Waals surface area (Å²) >= 11 is 5.94. The third-order valence-corrected chi connectivity index (χ3v) is 3.75. The van der Waals surface area contributed by atoms with E-state index >= 15 is 0 Å². The predicted octanol–water partition coefficient (Wildman–Crippen LogP) is 3.06. The molecule has 0 saturated carbocycles. The smallest absolute Gasteiger partial charge is 0.256 e. The van der Waals surface area contributed by atoms with Crippen LogP contribution in [0.5, 0.6) is 0 Å². The first-order chi connectivity index (χ1) is 10.2. The lowest BCUT2D eigenvalue weighted by Gasteiger charge is -2.10. The number of pyridine rings is 1. The van der Waals surface area contributed by atoms with Crippen LogP contribution in [0.3, 0.4) is 0 Å². The quantitative estimate of drug-likeness (QED) is 0.646. The van der Waals surface area contributed by atoms with E-state index in [-0.39, 0.29) is 11.7 Å². The minimum atomic E-state index is -0.324. The molecule has 1 unspecified atom stereocenters. The number of halogens is 1. The number of H-pyrrole nitrogens is 1. The number of fused-ring (bicyclic) bond motifs is 2. The Kier molecular flexibility index (Phi) is 2.62. The molecule has 0 amide bonds. The van der Waals surface area contributed by atoms with Gasteiger partial charge < -0.3 is 15.6 Å². The van der Waals surface area contributed by atoms with Crippen LogP contribution in [0.25, 0.3) is 11.3 Å². The number of nitrogens with zero attached hydrogens (tertiary/aromatic N) is 1. The predicted molar refractivity (Wildman–Crippen MR) is 82.9 cm³/mol. The zero-order valence-electron chi connectivity index (χ0n) is 10.9. The summed E-state index contributed by atoms with van der Waals surface area (Å²) in [4.78, 5) is 19.4. The fourth-order valence-electron chi connectivity index (χ4n) is 2.63. The van der Waals surface area contributed by atoms with Crippen molar-refractivity contribution >= 4 is 23.1 Å². The molecule has 3 heterocycles. The van der Waals surface area contributed by atoms with Gasteiger partial charge in [0.1, 0.15) is 6.17 Å². The minimum absolute atomic E-state index is 0.111. The summed E-state index contributed by atoms with van der Waals surface area (Å²) in [5.74, 6) is 0.693. The van der Waals surface area contributed by atoms with Crippen molar-refractivity contribution in [3.63, 3.8) is 0 Å². The lowest BCUT2D eigenvalue weighted by Crippen LogP contribution is -2.19. The first kappa shape index (κ1) is 12.2. The van der Waals surface area contributed by atoms with Crippen molar-refractivity contribution in [1.29, 1.82) is 0 Å². The molecule has 0 aromatic carbocycles. The maximum Gasteiger partial charge on any atom is 0.256 e. The molecule has 0 spiro atoms. The summed E-state index contributed by atoms with van der Waals surface area (Å²) in [5, 5.41) is 7.00. The average molecular weight is 299 g/mol. The highest BCUT2D eigenvalue weighted by Gasteiger charge is 2.28. The van der Waals surface area contributed by atoms with Crippen LogP contribution in [0.4, 0.5) is 11.5 Å². The van der Waals surface area contributed by atoms with Gasteiger partial charge in [-0.2, -0.15) is 0 Å². The monoisotopic (exact) mass is 298 g/mol. The lowest BCUT2D eigenvalue weighted by atomic mass is 10.1. The van der Waals surface area contributed by atoms with Crippen molar-refractivity contribution in [2.75, 3.05) is 10.6 Å². The van der Waals surface area contributed by atoms with Crippen LogP contribution < -0.4 is 16.2 Å². The highest BCUT2D eigenvalue weighted by atomic mass is 35.5. The number of rotatable bonds is 1. The SMILES string of the molecule is O=c1[nH]c2cccccc-2c1C1Nc2cc(Cl)cnc2N1. The van der Waals surface area contributed by atoms with E-state index in [0.717, 1.165) is 16.9 Å². The molecule has 1 atom stereocenters. The molecule has 1 aromatic heterocycles. The molecule has 0 fully saturated rings. The Labute approximate surface area is 125 Å². The molecule has 2 aliphatic heterocycles. The highest BCUT2D eigenvalue weighted by molar-refractivity contribution is 6.30. The van der Waals surface area contributed by atoms with E-state index in [0.29, 0.717) is 16.4 Å². The Morgan fingerprint density at radius 3 is 2.90 bits per heavy atom. The van der Waals surface area contributed by atoms with E-state index < -0.39 is 0 Å². The largest absolute Gasteiger partial charge is 0.358 e. The zero-order chi connectivity index (χ0) is 14.4. The minimum Gasteiger partial charge on any atom is -0.358 e. The van der Waals surface area contributed by atoms with Gasteiger partial charge in [-0.15, -0.1) is 0 Å². The van der Waals surface area contributed by atoms with Gasteiger partial charge in [-0.1, -0.05) is 35.9 Å². The Balaban J connectivity index is 1.81. The number of anilines is 2.